The van der Waals surface area contributed by atoms with Gasteiger partial charge in [-0.05, 0) is 43.3 Å². The van der Waals surface area contributed by atoms with Crippen LogP contribution in [0.4, 0.5) is 0 Å². The molecule has 0 aliphatic heterocycles. The van der Waals surface area contributed by atoms with Crippen molar-refractivity contribution in [2.24, 2.45) is 0 Å². The van der Waals surface area contributed by atoms with Crippen molar-refractivity contribution in [3.8, 4) is 5.75 Å². The van der Waals surface area contributed by atoms with Crippen LogP contribution in [0.2, 0.25) is 5.02 Å². The van der Waals surface area contributed by atoms with Crippen molar-refractivity contribution in [3.05, 3.63) is 64.7 Å². The van der Waals surface area contributed by atoms with Crippen LogP contribution in [-0.4, -0.2) is 31.0 Å². The lowest BCUT2D eigenvalue weighted by molar-refractivity contribution is -0.125. The lowest BCUT2D eigenvalue weighted by atomic mass is 10.1. The third-order valence-electron chi connectivity index (χ3n) is 4.04. The Labute approximate surface area is 148 Å². The molecule has 128 valence electrons. The van der Waals surface area contributed by atoms with Crippen molar-refractivity contribution >= 4 is 17.5 Å². The van der Waals surface area contributed by atoms with E-state index in [0.29, 0.717) is 13.1 Å². The number of methoxy groups -OCH3 is 1. The van der Waals surface area contributed by atoms with Crippen molar-refractivity contribution in [1.82, 2.24) is 10.2 Å². The molecule has 1 amide bonds. The Hall–Kier alpha value is -2.04. The fourth-order valence-corrected chi connectivity index (χ4v) is 2.51. The van der Waals surface area contributed by atoms with Gasteiger partial charge in [0.2, 0.25) is 5.91 Å². The summed E-state index contributed by atoms with van der Waals surface area (Å²) in [6, 6.07) is 15.1. The Morgan fingerprint density at radius 2 is 1.88 bits per heavy atom. The minimum absolute atomic E-state index is 0.0135. The number of nitrogens with zero attached hydrogens (tertiary/aromatic N) is 1. The van der Waals surface area contributed by atoms with Crippen molar-refractivity contribution in [2.75, 3.05) is 14.2 Å². The molecule has 5 heteroatoms. The van der Waals surface area contributed by atoms with Gasteiger partial charge in [-0.1, -0.05) is 41.9 Å². The summed E-state index contributed by atoms with van der Waals surface area (Å²) < 4.78 is 5.13. The summed E-state index contributed by atoms with van der Waals surface area (Å²) in [5.74, 6) is 0.790. The van der Waals surface area contributed by atoms with Gasteiger partial charge in [-0.3, -0.25) is 9.69 Å². The van der Waals surface area contributed by atoms with Crippen LogP contribution in [0.3, 0.4) is 0 Å². The van der Waals surface area contributed by atoms with Crippen molar-refractivity contribution in [3.63, 3.8) is 0 Å². The number of carbonyl (C=O) groups is 1. The molecule has 0 aromatic heterocycles. The van der Waals surface area contributed by atoms with Crippen LogP contribution in [0.5, 0.6) is 5.75 Å². The summed E-state index contributed by atoms with van der Waals surface area (Å²) in [7, 11) is 3.55. The highest BCUT2D eigenvalue weighted by Gasteiger charge is 2.18. The number of hydrogen-bond donors (Lipinski definition) is 1. The van der Waals surface area contributed by atoms with Crippen LogP contribution < -0.4 is 10.1 Å². The standard InChI is InChI=1S/C19H23ClN2O2/c1-14(22(2)13-16-6-4-5-7-18(16)20)19(23)21-12-15-8-10-17(24-3)11-9-15/h4-11,14H,12-13H2,1-3H3,(H,21,23)/t14-/m1/s1. The summed E-state index contributed by atoms with van der Waals surface area (Å²) in [4.78, 5) is 14.3. The molecule has 0 heterocycles. The van der Waals surface area contributed by atoms with E-state index >= 15 is 0 Å². The van der Waals surface area contributed by atoms with Gasteiger partial charge in [0.05, 0.1) is 13.2 Å². The number of halogens is 1. The van der Waals surface area contributed by atoms with Crippen LogP contribution in [0, 0.1) is 0 Å². The SMILES string of the molecule is COc1ccc(CNC(=O)[C@@H](C)N(C)Cc2ccccc2Cl)cc1. The number of likely N-dealkylation sites (N-methyl/N-ethyl adjacent to an activating group) is 1. The Morgan fingerprint density at radius 1 is 1.21 bits per heavy atom. The van der Waals surface area contributed by atoms with Gasteiger partial charge < -0.3 is 10.1 Å². The van der Waals surface area contributed by atoms with Gasteiger partial charge in [-0.25, -0.2) is 0 Å². The van der Waals surface area contributed by atoms with Crippen molar-refractivity contribution in [2.45, 2.75) is 26.1 Å². The number of amides is 1. The molecule has 4 nitrogen and oxygen atoms in total. The van der Waals surface area contributed by atoms with E-state index in [0.717, 1.165) is 21.9 Å². The molecule has 0 spiro atoms. The number of rotatable bonds is 7. The Morgan fingerprint density at radius 3 is 2.50 bits per heavy atom. The topological polar surface area (TPSA) is 41.6 Å². The molecule has 0 fully saturated rings. The zero-order chi connectivity index (χ0) is 17.5. The first-order chi connectivity index (χ1) is 11.5. The van der Waals surface area contributed by atoms with E-state index in [2.05, 4.69) is 5.32 Å². The first-order valence-corrected chi connectivity index (χ1v) is 8.23. The molecule has 0 aliphatic carbocycles. The van der Waals surface area contributed by atoms with Gasteiger partial charge >= 0.3 is 0 Å². The zero-order valence-corrected chi connectivity index (χ0v) is 15.0. The summed E-state index contributed by atoms with van der Waals surface area (Å²) in [6.45, 7) is 3.00. The van der Waals surface area contributed by atoms with E-state index in [1.807, 2.05) is 67.4 Å². The molecule has 1 atom stereocenters. The Kier molecular flexibility index (Phi) is 6.64. The van der Waals surface area contributed by atoms with Crippen molar-refractivity contribution in [1.29, 1.82) is 0 Å². The molecule has 2 aromatic rings. The normalized spacial score (nSPS) is 12.0. The van der Waals surface area contributed by atoms with Gasteiger partial charge in [0.1, 0.15) is 5.75 Å². The maximum atomic E-state index is 12.3. The van der Waals surface area contributed by atoms with Crippen LogP contribution in [-0.2, 0) is 17.9 Å². The lowest BCUT2D eigenvalue weighted by Gasteiger charge is -2.24. The first kappa shape index (κ1) is 18.3. The van der Waals surface area contributed by atoms with E-state index < -0.39 is 0 Å². The maximum Gasteiger partial charge on any atom is 0.237 e. The molecular formula is C19H23ClN2O2. The minimum Gasteiger partial charge on any atom is -0.497 e. The highest BCUT2D eigenvalue weighted by Crippen LogP contribution is 2.17. The van der Waals surface area contributed by atoms with E-state index in [4.69, 9.17) is 16.3 Å². The Balaban J connectivity index is 1.87. The van der Waals surface area contributed by atoms with E-state index in [-0.39, 0.29) is 11.9 Å². The smallest absolute Gasteiger partial charge is 0.237 e. The second-order valence-corrected chi connectivity index (χ2v) is 6.16. The molecule has 2 rings (SSSR count). The third kappa shape index (κ3) is 4.98. The molecule has 24 heavy (non-hydrogen) atoms. The van der Waals surface area contributed by atoms with Crippen LogP contribution in [0.25, 0.3) is 0 Å². The minimum atomic E-state index is -0.250. The summed E-state index contributed by atoms with van der Waals surface area (Å²) >= 11 is 6.18. The van der Waals surface area contributed by atoms with E-state index in [9.17, 15) is 4.79 Å². The monoisotopic (exact) mass is 346 g/mol. The van der Waals surface area contributed by atoms with Crippen molar-refractivity contribution < 1.29 is 9.53 Å². The largest absolute Gasteiger partial charge is 0.497 e. The second-order valence-electron chi connectivity index (χ2n) is 5.75. The average molecular weight is 347 g/mol. The summed E-state index contributed by atoms with van der Waals surface area (Å²) in [5, 5.41) is 3.68. The molecule has 0 radical (unpaired) electrons. The second kappa shape index (κ2) is 8.71. The predicted molar refractivity (Wildman–Crippen MR) is 97.2 cm³/mol. The van der Waals surface area contributed by atoms with Gasteiger partial charge in [0.15, 0.2) is 0 Å². The first-order valence-electron chi connectivity index (χ1n) is 7.85. The molecule has 0 saturated carbocycles. The highest BCUT2D eigenvalue weighted by molar-refractivity contribution is 6.31. The summed E-state index contributed by atoms with van der Waals surface area (Å²) in [6.07, 6.45) is 0. The number of hydrogen-bond acceptors (Lipinski definition) is 3. The average Bonchev–Trinajstić information content (AvgIpc) is 2.61. The third-order valence-corrected chi connectivity index (χ3v) is 4.41. The fraction of sp³-hybridized carbons (Fsp3) is 0.316. The fourth-order valence-electron chi connectivity index (χ4n) is 2.31. The maximum absolute atomic E-state index is 12.3. The van der Waals surface area contributed by atoms with Gasteiger partial charge in [0, 0.05) is 18.1 Å². The highest BCUT2D eigenvalue weighted by atomic mass is 35.5. The molecule has 0 unspecified atom stereocenters. The zero-order valence-electron chi connectivity index (χ0n) is 14.3. The van der Waals surface area contributed by atoms with Gasteiger partial charge in [-0.2, -0.15) is 0 Å². The predicted octanol–water partition coefficient (Wildman–Crippen LogP) is 3.49. The number of ether oxygens (including phenoxy) is 1. The van der Waals surface area contributed by atoms with Crippen LogP contribution in [0.1, 0.15) is 18.1 Å². The molecule has 2 aromatic carbocycles. The number of nitrogens with one attached hydrogen (secondary N) is 1. The Bertz CT molecular complexity index is 673. The molecular weight excluding hydrogens is 324 g/mol. The number of carbonyl (C=O) groups excluding carboxylic acids is 1. The molecule has 1 N–H and O–H groups in total. The lowest BCUT2D eigenvalue weighted by Crippen LogP contribution is -2.42. The van der Waals surface area contributed by atoms with E-state index in [1.165, 1.54) is 0 Å². The van der Waals surface area contributed by atoms with Crippen LogP contribution >= 0.6 is 11.6 Å². The molecule has 0 saturated heterocycles. The summed E-state index contributed by atoms with van der Waals surface area (Å²) in [5.41, 5.74) is 2.04. The van der Waals surface area contributed by atoms with Gasteiger partial charge in [-0.15, -0.1) is 0 Å². The quantitative estimate of drug-likeness (QED) is 0.834. The van der Waals surface area contributed by atoms with Gasteiger partial charge in [0.25, 0.3) is 0 Å². The van der Waals surface area contributed by atoms with Crippen LogP contribution in [0.15, 0.2) is 48.5 Å². The molecule has 0 bridgehead atoms. The molecule has 0 aliphatic rings. The number of benzene rings is 2. The van der Waals surface area contributed by atoms with E-state index in [1.54, 1.807) is 7.11 Å².